The van der Waals surface area contributed by atoms with Crippen LogP contribution in [0.25, 0.3) is 21.3 Å². The Hall–Kier alpha value is -4.26. The van der Waals surface area contributed by atoms with Crippen LogP contribution in [0.15, 0.2) is 72.8 Å². The van der Waals surface area contributed by atoms with E-state index in [4.69, 9.17) is 15.7 Å². The zero-order chi connectivity index (χ0) is 30.7. The summed E-state index contributed by atoms with van der Waals surface area (Å²) in [7, 11) is 1.55. The number of hydrogen-bond acceptors (Lipinski definition) is 7. The Morgan fingerprint density at radius 3 is 2.14 bits per heavy atom. The molecule has 0 saturated carbocycles. The number of alkyl carbamates (subject to hydrolysis) is 1. The van der Waals surface area contributed by atoms with Crippen molar-refractivity contribution in [1.29, 1.82) is 5.26 Å². The van der Waals surface area contributed by atoms with Crippen LogP contribution in [0.2, 0.25) is 0 Å². The standard InChI is InChI=1S/C23H29N3O3.C8H4N2S.C2H6/c1-23(2,14-24)12-20(21(27)25-3)26-22(28)29-13-19-17-10-6-4-8-15(17)16-9-5-7-11-18(16)19;9-5-8-10-6-3-1-2-4-7(6)11-8;1-2/h4-11,19-20H,12-14,24H2,1-3H3,(H,25,27)(H,26,28);1-4H;1-2H3. The zero-order valence-electron chi connectivity index (χ0n) is 24.8. The lowest BCUT2D eigenvalue weighted by atomic mass is 9.85. The van der Waals surface area contributed by atoms with Gasteiger partial charge in [0.2, 0.25) is 5.91 Å². The number of nitriles is 1. The third kappa shape index (κ3) is 7.93. The number of benzene rings is 3. The molecule has 220 valence electrons. The van der Waals surface area contributed by atoms with Gasteiger partial charge in [0.25, 0.3) is 0 Å². The molecule has 0 fully saturated rings. The van der Waals surface area contributed by atoms with Gasteiger partial charge in [0.1, 0.15) is 18.7 Å². The normalized spacial score (nSPS) is 12.3. The van der Waals surface area contributed by atoms with Crippen LogP contribution in [-0.2, 0) is 9.53 Å². The second-order valence-electron chi connectivity index (χ2n) is 10.3. The van der Waals surface area contributed by atoms with Gasteiger partial charge in [-0.05, 0) is 52.8 Å². The molecule has 2 amide bonds. The van der Waals surface area contributed by atoms with Crippen molar-refractivity contribution in [2.24, 2.45) is 11.1 Å². The molecule has 9 heteroatoms. The minimum atomic E-state index is -0.700. The Balaban J connectivity index is 0.000000308. The van der Waals surface area contributed by atoms with Gasteiger partial charge in [0.05, 0.1) is 10.2 Å². The van der Waals surface area contributed by atoms with E-state index in [0.29, 0.717) is 18.0 Å². The van der Waals surface area contributed by atoms with Crippen LogP contribution in [0.3, 0.4) is 0 Å². The highest BCUT2D eigenvalue weighted by atomic mass is 32.1. The SMILES string of the molecule is CC.CNC(=O)C(CC(C)(C)CN)NC(=O)OCC1c2ccccc2-c2ccccc21.N#Cc1nc2ccccc2s1. The number of aromatic nitrogens is 1. The van der Waals surface area contributed by atoms with Gasteiger partial charge in [-0.1, -0.05) is 88.4 Å². The molecule has 1 aliphatic carbocycles. The quantitative estimate of drug-likeness (QED) is 0.236. The Labute approximate surface area is 251 Å². The fraction of sp³-hybridized carbons (Fsp3) is 0.333. The summed E-state index contributed by atoms with van der Waals surface area (Å²) in [6, 6.07) is 25.4. The largest absolute Gasteiger partial charge is 0.449 e. The maximum Gasteiger partial charge on any atom is 0.407 e. The summed E-state index contributed by atoms with van der Waals surface area (Å²) < 4.78 is 6.62. The van der Waals surface area contributed by atoms with Crippen molar-refractivity contribution >= 4 is 33.6 Å². The van der Waals surface area contributed by atoms with E-state index in [1.165, 1.54) is 22.5 Å². The van der Waals surface area contributed by atoms with Crippen molar-refractivity contribution in [2.45, 2.75) is 46.1 Å². The van der Waals surface area contributed by atoms with Gasteiger partial charge >= 0.3 is 6.09 Å². The van der Waals surface area contributed by atoms with Crippen LogP contribution in [0, 0.1) is 16.7 Å². The molecule has 1 atom stereocenters. The van der Waals surface area contributed by atoms with E-state index in [2.05, 4.69) is 39.9 Å². The molecular weight excluding hydrogens is 546 g/mol. The molecule has 0 spiro atoms. The first-order valence-corrected chi connectivity index (χ1v) is 14.9. The van der Waals surface area contributed by atoms with Crippen molar-refractivity contribution < 1.29 is 14.3 Å². The topological polar surface area (TPSA) is 130 Å². The maximum atomic E-state index is 12.5. The van der Waals surface area contributed by atoms with E-state index in [0.717, 1.165) is 21.3 Å². The molecule has 8 nitrogen and oxygen atoms in total. The van der Waals surface area contributed by atoms with E-state index in [1.54, 1.807) is 7.05 Å². The van der Waals surface area contributed by atoms with Crippen LogP contribution < -0.4 is 16.4 Å². The number of thiazole rings is 1. The van der Waals surface area contributed by atoms with Crippen molar-refractivity contribution in [3.63, 3.8) is 0 Å². The molecule has 0 radical (unpaired) electrons. The minimum absolute atomic E-state index is 0.0212. The summed E-state index contributed by atoms with van der Waals surface area (Å²) >= 11 is 1.43. The number of hydrogen-bond donors (Lipinski definition) is 3. The average molecular weight is 586 g/mol. The minimum Gasteiger partial charge on any atom is -0.449 e. The highest BCUT2D eigenvalue weighted by molar-refractivity contribution is 7.19. The summed E-state index contributed by atoms with van der Waals surface area (Å²) in [4.78, 5) is 28.8. The monoisotopic (exact) mass is 585 g/mol. The fourth-order valence-corrected chi connectivity index (χ4v) is 5.48. The number of nitrogens with one attached hydrogen (secondary N) is 2. The highest BCUT2D eigenvalue weighted by Crippen LogP contribution is 2.44. The third-order valence-corrected chi connectivity index (χ3v) is 7.84. The number of nitrogens with zero attached hydrogens (tertiary/aromatic N) is 2. The summed E-state index contributed by atoms with van der Waals surface area (Å²) in [5.41, 5.74) is 11.0. The zero-order valence-corrected chi connectivity index (χ0v) is 25.6. The number of carbonyl (C=O) groups is 2. The molecule has 0 saturated heterocycles. The van der Waals surface area contributed by atoms with Gasteiger partial charge in [0.15, 0.2) is 5.01 Å². The van der Waals surface area contributed by atoms with Gasteiger partial charge in [-0.2, -0.15) is 5.26 Å². The molecule has 0 aliphatic heterocycles. The number of ether oxygens (including phenoxy) is 1. The lowest BCUT2D eigenvalue weighted by molar-refractivity contribution is -0.123. The van der Waals surface area contributed by atoms with Crippen LogP contribution in [0.1, 0.15) is 56.2 Å². The molecule has 42 heavy (non-hydrogen) atoms. The molecule has 5 rings (SSSR count). The van der Waals surface area contributed by atoms with E-state index < -0.39 is 12.1 Å². The molecule has 1 unspecified atom stereocenters. The molecule has 1 aliphatic rings. The predicted octanol–water partition coefficient (Wildman–Crippen LogP) is 6.21. The van der Waals surface area contributed by atoms with Gasteiger partial charge in [-0.3, -0.25) is 4.79 Å². The number of carbonyl (C=O) groups excluding carboxylic acids is 2. The number of fused-ring (bicyclic) bond motifs is 4. The van der Waals surface area contributed by atoms with Crippen LogP contribution in [0.4, 0.5) is 4.79 Å². The Morgan fingerprint density at radius 2 is 1.60 bits per heavy atom. The summed E-state index contributed by atoms with van der Waals surface area (Å²) in [5, 5.41) is 14.4. The number of rotatable bonds is 7. The second-order valence-corrected chi connectivity index (χ2v) is 11.3. The van der Waals surface area contributed by atoms with Crippen LogP contribution in [-0.4, -0.2) is 43.2 Å². The lowest BCUT2D eigenvalue weighted by Gasteiger charge is -2.28. The number of para-hydroxylation sites is 1. The van der Waals surface area contributed by atoms with Crippen molar-refractivity contribution in [2.75, 3.05) is 20.2 Å². The summed E-state index contributed by atoms with van der Waals surface area (Å²) in [6.07, 6.45) is -0.179. The van der Waals surface area contributed by atoms with Crippen molar-refractivity contribution in [3.8, 4) is 17.2 Å². The first kappa shape index (κ1) is 32.3. The van der Waals surface area contributed by atoms with E-state index in [1.807, 2.05) is 82.3 Å². The van der Waals surface area contributed by atoms with Crippen LogP contribution in [0.5, 0.6) is 0 Å². The predicted molar refractivity (Wildman–Crippen MR) is 169 cm³/mol. The van der Waals surface area contributed by atoms with Gasteiger partial charge in [-0.25, -0.2) is 9.78 Å². The Bertz CT molecular complexity index is 1460. The second kappa shape index (κ2) is 15.1. The van der Waals surface area contributed by atoms with Crippen molar-refractivity contribution in [1.82, 2.24) is 15.6 Å². The number of nitrogens with two attached hydrogens (primary N) is 1. The molecule has 4 N–H and O–H groups in total. The summed E-state index contributed by atoms with van der Waals surface area (Å²) in [5.74, 6) is -0.285. The summed E-state index contributed by atoms with van der Waals surface area (Å²) in [6.45, 7) is 8.54. The van der Waals surface area contributed by atoms with Crippen molar-refractivity contribution in [3.05, 3.63) is 88.9 Å². The van der Waals surface area contributed by atoms with Gasteiger partial charge in [-0.15, -0.1) is 11.3 Å². The fourth-order valence-electron chi connectivity index (χ4n) is 4.72. The van der Waals surface area contributed by atoms with Crippen LogP contribution >= 0.6 is 11.3 Å². The number of amides is 2. The molecular formula is C33H39N5O3S. The molecule has 0 bridgehead atoms. The first-order chi connectivity index (χ1) is 20.3. The van der Waals surface area contributed by atoms with Gasteiger partial charge < -0.3 is 21.1 Å². The Kier molecular flexibility index (Phi) is 11.6. The Morgan fingerprint density at radius 1 is 1.02 bits per heavy atom. The van der Waals surface area contributed by atoms with E-state index in [-0.39, 0.29) is 23.8 Å². The van der Waals surface area contributed by atoms with E-state index in [9.17, 15) is 9.59 Å². The smallest absolute Gasteiger partial charge is 0.407 e. The maximum absolute atomic E-state index is 12.5. The number of likely N-dealkylation sites (N-methyl/N-ethyl adjacent to an activating group) is 1. The molecule has 3 aromatic carbocycles. The molecule has 1 aromatic heterocycles. The van der Waals surface area contributed by atoms with Gasteiger partial charge in [0, 0.05) is 13.0 Å². The first-order valence-electron chi connectivity index (χ1n) is 14.0. The average Bonchev–Trinajstić information content (AvgIpc) is 3.59. The highest BCUT2D eigenvalue weighted by Gasteiger charge is 2.31. The lowest BCUT2D eigenvalue weighted by Crippen LogP contribution is -2.49. The molecule has 4 aromatic rings. The molecule has 1 heterocycles. The van der Waals surface area contributed by atoms with E-state index >= 15 is 0 Å². The third-order valence-electron chi connectivity index (χ3n) is 6.90.